The molecular formula is C23H36N4O3. The summed E-state index contributed by atoms with van der Waals surface area (Å²) >= 11 is 0. The van der Waals surface area contributed by atoms with Crippen LogP contribution in [0.5, 0.6) is 0 Å². The highest BCUT2D eigenvalue weighted by Gasteiger charge is 2.35. The zero-order chi connectivity index (χ0) is 20.8. The molecule has 1 unspecified atom stereocenters. The number of likely N-dealkylation sites (tertiary alicyclic amines) is 1. The van der Waals surface area contributed by atoms with Crippen LogP contribution in [-0.4, -0.2) is 79.1 Å². The third-order valence-corrected chi connectivity index (χ3v) is 6.66. The average Bonchev–Trinajstić information content (AvgIpc) is 3.33. The molecule has 1 saturated carbocycles. The molecule has 3 fully saturated rings. The summed E-state index contributed by atoms with van der Waals surface area (Å²) in [7, 11) is 0. The first-order valence-corrected chi connectivity index (χ1v) is 11.7. The Morgan fingerprint density at radius 1 is 1.03 bits per heavy atom. The van der Waals surface area contributed by atoms with Gasteiger partial charge in [-0.05, 0) is 57.6 Å². The molecule has 166 valence electrons. The second-order valence-corrected chi connectivity index (χ2v) is 8.64. The third-order valence-electron chi connectivity index (χ3n) is 6.66. The molecular weight excluding hydrogens is 380 g/mol. The van der Waals surface area contributed by atoms with Crippen molar-refractivity contribution in [3.63, 3.8) is 0 Å². The second kappa shape index (κ2) is 10.6. The first-order chi connectivity index (χ1) is 14.7. The largest absolute Gasteiger partial charge is 0.466 e. The summed E-state index contributed by atoms with van der Waals surface area (Å²) in [6.45, 7) is 8.48. The number of pyridine rings is 1. The summed E-state index contributed by atoms with van der Waals surface area (Å²) in [6, 6.07) is 6.11. The summed E-state index contributed by atoms with van der Waals surface area (Å²) in [5.41, 5.74) is 0. The van der Waals surface area contributed by atoms with E-state index in [-0.39, 0.29) is 24.3 Å². The Morgan fingerprint density at radius 3 is 2.37 bits per heavy atom. The van der Waals surface area contributed by atoms with E-state index >= 15 is 0 Å². The lowest BCUT2D eigenvalue weighted by Gasteiger charge is -2.44. The highest BCUT2D eigenvalue weighted by Crippen LogP contribution is 2.30. The number of anilines is 1. The van der Waals surface area contributed by atoms with Crippen molar-refractivity contribution in [2.45, 2.75) is 57.9 Å². The molecule has 4 rings (SSSR count). The van der Waals surface area contributed by atoms with Crippen molar-refractivity contribution in [1.82, 2.24) is 14.8 Å². The Balaban J connectivity index is 1.32. The Morgan fingerprint density at radius 2 is 1.73 bits per heavy atom. The molecule has 1 atom stereocenters. The lowest BCUT2D eigenvalue weighted by Crippen LogP contribution is -2.57. The van der Waals surface area contributed by atoms with E-state index < -0.39 is 0 Å². The fourth-order valence-corrected chi connectivity index (χ4v) is 4.95. The van der Waals surface area contributed by atoms with Gasteiger partial charge in [-0.2, -0.15) is 0 Å². The van der Waals surface area contributed by atoms with Crippen LogP contribution in [0.1, 0.15) is 45.4 Å². The van der Waals surface area contributed by atoms with Crippen molar-refractivity contribution < 1.29 is 14.3 Å². The number of carbonyl (C=O) groups excluding carboxylic acids is 1. The minimum atomic E-state index is -0.0299. The van der Waals surface area contributed by atoms with Gasteiger partial charge in [-0.25, -0.2) is 4.98 Å². The number of aromatic nitrogens is 1. The van der Waals surface area contributed by atoms with Crippen LogP contribution in [-0.2, 0) is 14.3 Å². The van der Waals surface area contributed by atoms with Gasteiger partial charge >= 0.3 is 5.97 Å². The van der Waals surface area contributed by atoms with Crippen LogP contribution in [0.3, 0.4) is 0 Å². The van der Waals surface area contributed by atoms with Gasteiger partial charge in [-0.1, -0.05) is 6.07 Å². The maximum Gasteiger partial charge on any atom is 0.308 e. The lowest BCUT2D eigenvalue weighted by atomic mass is 9.87. The number of ether oxygens (including phenoxy) is 2. The number of rotatable bonds is 7. The van der Waals surface area contributed by atoms with E-state index in [9.17, 15) is 4.79 Å². The van der Waals surface area contributed by atoms with Gasteiger partial charge in [0.2, 0.25) is 0 Å². The van der Waals surface area contributed by atoms with Gasteiger partial charge in [-0.3, -0.25) is 14.6 Å². The second-order valence-electron chi connectivity index (χ2n) is 8.64. The molecule has 0 spiro atoms. The molecule has 2 aliphatic heterocycles. The SMILES string of the molecule is CCOC(=O)C1CCC(OC(N2CCCC2)N2CCN(c3ccccn3)CC2)CC1. The molecule has 1 aromatic rings. The predicted octanol–water partition coefficient (Wildman–Crippen LogP) is 2.72. The Bertz CT molecular complexity index is 652. The molecule has 0 bridgehead atoms. The zero-order valence-corrected chi connectivity index (χ0v) is 18.2. The van der Waals surface area contributed by atoms with Crippen LogP contribution >= 0.6 is 0 Å². The monoisotopic (exact) mass is 416 g/mol. The average molecular weight is 417 g/mol. The van der Waals surface area contributed by atoms with Crippen molar-refractivity contribution in [3.05, 3.63) is 24.4 Å². The molecule has 3 heterocycles. The number of carbonyl (C=O) groups is 1. The summed E-state index contributed by atoms with van der Waals surface area (Å²) in [5, 5.41) is 0. The van der Waals surface area contributed by atoms with Crippen LogP contribution in [0.2, 0.25) is 0 Å². The topological polar surface area (TPSA) is 58.1 Å². The normalized spacial score (nSPS) is 27.2. The van der Waals surface area contributed by atoms with Crippen molar-refractivity contribution in [2.24, 2.45) is 5.92 Å². The Hall–Kier alpha value is -1.70. The van der Waals surface area contributed by atoms with Gasteiger partial charge in [0.25, 0.3) is 0 Å². The van der Waals surface area contributed by atoms with E-state index in [4.69, 9.17) is 9.47 Å². The van der Waals surface area contributed by atoms with E-state index in [0.29, 0.717) is 6.61 Å². The third kappa shape index (κ3) is 5.31. The number of nitrogens with zero attached hydrogens (tertiary/aromatic N) is 4. The van der Waals surface area contributed by atoms with Gasteiger partial charge in [0, 0.05) is 45.5 Å². The fraction of sp³-hybridized carbons (Fsp3) is 0.739. The first kappa shape index (κ1) is 21.5. The van der Waals surface area contributed by atoms with Gasteiger partial charge in [0.1, 0.15) is 5.82 Å². The standard InChI is InChI=1S/C23H36N4O3/c1-2-29-22(28)19-8-10-20(11-9-19)30-23(26-13-5-6-14-26)27-17-15-25(16-18-27)21-7-3-4-12-24-21/h3-4,7,12,19-20,23H,2,5-6,8-11,13-18H2,1H3. The lowest BCUT2D eigenvalue weighted by molar-refractivity contribution is -0.185. The fourth-order valence-electron chi connectivity index (χ4n) is 4.95. The van der Waals surface area contributed by atoms with Crippen LogP contribution in [0.25, 0.3) is 0 Å². The van der Waals surface area contributed by atoms with Crippen molar-refractivity contribution >= 4 is 11.8 Å². The molecule has 30 heavy (non-hydrogen) atoms. The number of hydrogen-bond donors (Lipinski definition) is 0. The van der Waals surface area contributed by atoms with Gasteiger partial charge in [0.15, 0.2) is 6.35 Å². The highest BCUT2D eigenvalue weighted by molar-refractivity contribution is 5.72. The molecule has 7 heteroatoms. The van der Waals surface area contributed by atoms with Gasteiger partial charge in [0.05, 0.1) is 18.6 Å². The number of piperazine rings is 1. The maximum absolute atomic E-state index is 12.0. The Kier molecular flexibility index (Phi) is 7.57. The minimum absolute atomic E-state index is 0.0299. The molecule has 0 radical (unpaired) electrons. The molecule has 0 amide bonds. The van der Waals surface area contributed by atoms with Crippen molar-refractivity contribution in [1.29, 1.82) is 0 Å². The summed E-state index contributed by atoms with van der Waals surface area (Å²) in [6.07, 6.45) is 8.31. The molecule has 1 aromatic heterocycles. The van der Waals surface area contributed by atoms with E-state index in [1.54, 1.807) is 0 Å². The highest BCUT2D eigenvalue weighted by atomic mass is 16.5. The molecule has 7 nitrogen and oxygen atoms in total. The van der Waals surface area contributed by atoms with E-state index in [0.717, 1.165) is 70.8 Å². The van der Waals surface area contributed by atoms with Crippen molar-refractivity contribution in [2.75, 3.05) is 50.8 Å². The summed E-state index contributed by atoms with van der Waals surface area (Å²) in [5.74, 6) is 1.09. The molecule has 2 saturated heterocycles. The van der Waals surface area contributed by atoms with Gasteiger partial charge in [-0.15, -0.1) is 0 Å². The first-order valence-electron chi connectivity index (χ1n) is 11.7. The summed E-state index contributed by atoms with van der Waals surface area (Å²) < 4.78 is 11.9. The quantitative estimate of drug-likeness (QED) is 0.634. The van der Waals surface area contributed by atoms with Crippen molar-refractivity contribution in [3.8, 4) is 0 Å². The molecule has 0 aromatic carbocycles. The maximum atomic E-state index is 12.0. The zero-order valence-electron chi connectivity index (χ0n) is 18.2. The number of esters is 1. The smallest absolute Gasteiger partial charge is 0.308 e. The van der Waals surface area contributed by atoms with Crippen LogP contribution in [0.4, 0.5) is 5.82 Å². The van der Waals surface area contributed by atoms with Gasteiger partial charge < -0.3 is 14.4 Å². The molecule has 0 N–H and O–H groups in total. The van der Waals surface area contributed by atoms with Crippen LogP contribution in [0, 0.1) is 5.92 Å². The minimum Gasteiger partial charge on any atom is -0.466 e. The molecule has 1 aliphatic carbocycles. The molecule has 3 aliphatic rings. The Labute approximate surface area is 180 Å². The van der Waals surface area contributed by atoms with Crippen LogP contribution < -0.4 is 4.90 Å². The van der Waals surface area contributed by atoms with E-state index in [1.807, 2.05) is 19.2 Å². The van der Waals surface area contributed by atoms with E-state index in [1.165, 1.54) is 12.8 Å². The predicted molar refractivity (Wildman–Crippen MR) is 116 cm³/mol. The van der Waals surface area contributed by atoms with Crippen LogP contribution in [0.15, 0.2) is 24.4 Å². The van der Waals surface area contributed by atoms with E-state index in [2.05, 4.69) is 31.8 Å². The number of hydrogen-bond acceptors (Lipinski definition) is 7. The summed E-state index contributed by atoms with van der Waals surface area (Å²) in [4.78, 5) is 23.9.